The Bertz CT molecular complexity index is 828. The lowest BCUT2D eigenvalue weighted by molar-refractivity contribution is -0.116. The summed E-state index contributed by atoms with van der Waals surface area (Å²) >= 11 is 6.03. The highest BCUT2D eigenvalue weighted by molar-refractivity contribution is 6.31. The molecule has 0 atom stereocenters. The molecular weight excluding hydrogens is 345 g/mol. The van der Waals surface area contributed by atoms with Crippen LogP contribution in [0.4, 0.5) is 20.6 Å². The maximum atomic E-state index is 13.9. The lowest BCUT2D eigenvalue weighted by atomic mass is 10.2. The van der Waals surface area contributed by atoms with E-state index in [0.717, 1.165) is 5.56 Å². The van der Waals surface area contributed by atoms with E-state index in [0.29, 0.717) is 23.8 Å². The van der Waals surface area contributed by atoms with E-state index in [1.54, 1.807) is 36.4 Å². The van der Waals surface area contributed by atoms with Gasteiger partial charge in [-0.25, -0.2) is 9.18 Å². The fourth-order valence-electron chi connectivity index (χ4n) is 2.67. The maximum absolute atomic E-state index is 13.9. The molecule has 1 aliphatic heterocycles. The highest BCUT2D eigenvalue weighted by Crippen LogP contribution is 2.23. The van der Waals surface area contributed by atoms with Gasteiger partial charge in [0.25, 0.3) is 0 Å². The molecule has 1 fully saturated rings. The van der Waals surface area contributed by atoms with Crippen LogP contribution < -0.4 is 10.2 Å². The van der Waals surface area contributed by atoms with E-state index in [4.69, 9.17) is 11.6 Å². The van der Waals surface area contributed by atoms with Crippen LogP contribution in [-0.2, 0) is 4.79 Å². The third-order valence-corrected chi connectivity index (χ3v) is 4.44. The van der Waals surface area contributed by atoms with Gasteiger partial charge in [-0.2, -0.15) is 0 Å². The Morgan fingerprint density at radius 3 is 2.72 bits per heavy atom. The zero-order valence-corrected chi connectivity index (χ0v) is 14.4. The molecule has 1 N–H and O–H groups in total. The second-order valence-corrected chi connectivity index (χ2v) is 6.23. The summed E-state index contributed by atoms with van der Waals surface area (Å²) < 4.78 is 13.9. The van der Waals surface area contributed by atoms with Gasteiger partial charge in [-0.1, -0.05) is 29.8 Å². The molecule has 130 valence electrons. The summed E-state index contributed by atoms with van der Waals surface area (Å²) in [5, 5.41) is 3.27. The van der Waals surface area contributed by atoms with Crippen molar-refractivity contribution < 1.29 is 14.0 Å². The second kappa shape index (κ2) is 7.11. The Balaban J connectivity index is 1.63. The number of aryl methyl sites for hydroxylation is 1. The van der Waals surface area contributed by atoms with Gasteiger partial charge in [-0.3, -0.25) is 9.69 Å². The van der Waals surface area contributed by atoms with Crippen LogP contribution >= 0.6 is 11.6 Å². The van der Waals surface area contributed by atoms with Crippen molar-refractivity contribution in [3.05, 3.63) is 58.9 Å². The maximum Gasteiger partial charge on any atom is 0.325 e. The van der Waals surface area contributed by atoms with Crippen LogP contribution in [0.25, 0.3) is 0 Å². The van der Waals surface area contributed by atoms with E-state index in [1.165, 1.54) is 15.9 Å². The van der Waals surface area contributed by atoms with Crippen molar-refractivity contribution in [2.45, 2.75) is 6.92 Å². The van der Waals surface area contributed by atoms with Crippen LogP contribution in [0.3, 0.4) is 0 Å². The van der Waals surface area contributed by atoms with Gasteiger partial charge in [-0.15, -0.1) is 0 Å². The van der Waals surface area contributed by atoms with Crippen molar-refractivity contribution >= 4 is 34.9 Å². The molecule has 7 heteroatoms. The summed E-state index contributed by atoms with van der Waals surface area (Å²) in [5.41, 5.74) is 1.70. The summed E-state index contributed by atoms with van der Waals surface area (Å²) in [5.74, 6) is -0.792. The number of nitrogens with one attached hydrogen (secondary N) is 1. The molecule has 2 aromatic rings. The molecule has 1 heterocycles. The third kappa shape index (κ3) is 3.74. The van der Waals surface area contributed by atoms with Crippen LogP contribution in [0.2, 0.25) is 5.02 Å². The minimum atomic E-state index is -0.462. The average Bonchev–Trinajstić information content (AvgIpc) is 2.92. The Morgan fingerprint density at radius 1 is 1.24 bits per heavy atom. The van der Waals surface area contributed by atoms with Crippen LogP contribution in [0.1, 0.15) is 5.56 Å². The van der Waals surface area contributed by atoms with E-state index in [9.17, 15) is 14.0 Å². The first-order valence-corrected chi connectivity index (χ1v) is 8.20. The van der Waals surface area contributed by atoms with Gasteiger partial charge in [0.15, 0.2) is 0 Å². The molecule has 1 saturated heterocycles. The molecule has 25 heavy (non-hydrogen) atoms. The molecule has 0 saturated carbocycles. The number of urea groups is 1. The average molecular weight is 362 g/mol. The van der Waals surface area contributed by atoms with Crippen molar-refractivity contribution in [3.63, 3.8) is 0 Å². The van der Waals surface area contributed by atoms with Crippen molar-refractivity contribution in [2.24, 2.45) is 0 Å². The minimum absolute atomic E-state index is 0.102. The fourth-order valence-corrected chi connectivity index (χ4v) is 2.85. The second-order valence-electron chi connectivity index (χ2n) is 5.82. The number of halogens is 2. The molecule has 3 amide bonds. The van der Waals surface area contributed by atoms with Crippen molar-refractivity contribution in [1.29, 1.82) is 0 Å². The van der Waals surface area contributed by atoms with Crippen molar-refractivity contribution in [2.75, 3.05) is 29.9 Å². The van der Waals surface area contributed by atoms with E-state index < -0.39 is 5.82 Å². The summed E-state index contributed by atoms with van der Waals surface area (Å²) in [4.78, 5) is 27.3. The van der Waals surface area contributed by atoms with Crippen LogP contribution in [0.5, 0.6) is 0 Å². The Morgan fingerprint density at radius 2 is 2.00 bits per heavy atom. The number of nitrogens with zero attached hydrogens (tertiary/aromatic N) is 2. The van der Waals surface area contributed by atoms with Gasteiger partial charge in [-0.05, 0) is 36.8 Å². The molecular formula is C18H17ClFN3O2. The molecule has 0 aromatic heterocycles. The molecule has 0 radical (unpaired) electrons. The van der Waals surface area contributed by atoms with E-state index in [-0.39, 0.29) is 24.2 Å². The van der Waals surface area contributed by atoms with E-state index in [2.05, 4.69) is 5.32 Å². The number of benzene rings is 2. The molecule has 0 bridgehead atoms. The molecule has 2 aromatic carbocycles. The lowest BCUT2D eigenvalue weighted by Gasteiger charge is -2.19. The van der Waals surface area contributed by atoms with E-state index >= 15 is 0 Å². The predicted molar refractivity (Wildman–Crippen MR) is 95.5 cm³/mol. The number of rotatable bonds is 4. The number of carbonyl (C=O) groups is 2. The van der Waals surface area contributed by atoms with Crippen LogP contribution in [0, 0.1) is 12.7 Å². The number of amides is 3. The fraction of sp³-hybridized carbons (Fsp3) is 0.222. The Labute approximate surface area is 150 Å². The molecule has 5 nitrogen and oxygen atoms in total. The SMILES string of the molecule is Cc1ccc(NC(=O)CN2CCN(c3ccccc3F)C2=O)cc1Cl. The Hall–Kier alpha value is -2.60. The number of carbonyl (C=O) groups excluding carboxylic acids is 2. The highest BCUT2D eigenvalue weighted by Gasteiger charge is 2.32. The normalized spacial score (nSPS) is 14.1. The lowest BCUT2D eigenvalue weighted by Crippen LogP contribution is -2.37. The van der Waals surface area contributed by atoms with Gasteiger partial charge < -0.3 is 10.2 Å². The van der Waals surface area contributed by atoms with Gasteiger partial charge in [0, 0.05) is 23.8 Å². The summed E-state index contributed by atoms with van der Waals surface area (Å²) in [6.45, 7) is 2.46. The summed E-state index contributed by atoms with van der Waals surface area (Å²) in [7, 11) is 0. The van der Waals surface area contributed by atoms with Crippen molar-refractivity contribution in [3.8, 4) is 0 Å². The first-order chi connectivity index (χ1) is 12.0. The molecule has 0 unspecified atom stereocenters. The Kier molecular flexibility index (Phi) is 4.90. The number of para-hydroxylation sites is 1. The largest absolute Gasteiger partial charge is 0.325 e. The van der Waals surface area contributed by atoms with E-state index in [1.807, 2.05) is 6.92 Å². The number of hydrogen-bond donors (Lipinski definition) is 1. The number of anilines is 2. The van der Waals surface area contributed by atoms with Crippen LogP contribution in [-0.4, -0.2) is 36.5 Å². The standard InChI is InChI=1S/C18H17ClFN3O2/c1-12-6-7-13(10-14(12)19)21-17(24)11-22-8-9-23(18(22)25)16-5-3-2-4-15(16)20/h2-7,10H,8-9,11H2,1H3,(H,21,24). The minimum Gasteiger partial charge on any atom is -0.324 e. The molecule has 0 spiro atoms. The molecule has 0 aliphatic carbocycles. The van der Waals surface area contributed by atoms with Gasteiger partial charge in [0.05, 0.1) is 5.69 Å². The first-order valence-electron chi connectivity index (χ1n) is 7.82. The quantitative estimate of drug-likeness (QED) is 0.903. The smallest absolute Gasteiger partial charge is 0.324 e. The van der Waals surface area contributed by atoms with Gasteiger partial charge >= 0.3 is 6.03 Å². The molecule has 3 rings (SSSR count). The monoisotopic (exact) mass is 361 g/mol. The topological polar surface area (TPSA) is 52.7 Å². The summed E-state index contributed by atoms with van der Waals surface area (Å²) in [6.07, 6.45) is 0. The zero-order valence-electron chi connectivity index (χ0n) is 13.6. The molecule has 1 aliphatic rings. The van der Waals surface area contributed by atoms with Gasteiger partial charge in [0.1, 0.15) is 12.4 Å². The summed E-state index contributed by atoms with van der Waals surface area (Å²) in [6, 6.07) is 10.9. The van der Waals surface area contributed by atoms with Gasteiger partial charge in [0.2, 0.25) is 5.91 Å². The first kappa shape index (κ1) is 17.2. The number of hydrogen-bond acceptors (Lipinski definition) is 2. The van der Waals surface area contributed by atoms with Crippen LogP contribution in [0.15, 0.2) is 42.5 Å². The third-order valence-electron chi connectivity index (χ3n) is 4.03. The van der Waals surface area contributed by atoms with Crippen molar-refractivity contribution in [1.82, 2.24) is 4.90 Å². The highest BCUT2D eigenvalue weighted by atomic mass is 35.5. The predicted octanol–water partition coefficient (Wildman–Crippen LogP) is 3.67. The zero-order chi connectivity index (χ0) is 18.0.